The molecule has 0 radical (unpaired) electrons. The van der Waals surface area contributed by atoms with E-state index in [-0.39, 0.29) is 0 Å². The summed E-state index contributed by atoms with van der Waals surface area (Å²) >= 11 is 0. The Hall–Kier alpha value is -2.31. The fourth-order valence-electron chi connectivity index (χ4n) is 2.33. The molecule has 6 heteroatoms. The van der Waals surface area contributed by atoms with Crippen molar-refractivity contribution in [1.82, 2.24) is 0 Å². The molecule has 0 aliphatic carbocycles. The van der Waals surface area contributed by atoms with Gasteiger partial charge in [-0.05, 0) is 53.8 Å². The minimum Gasteiger partial charge on any atom is -0.457 e. The number of benzene rings is 2. The zero-order valence-electron chi connectivity index (χ0n) is 11.5. The number of amides is 1. The van der Waals surface area contributed by atoms with Gasteiger partial charge in [-0.25, -0.2) is 0 Å². The molecule has 106 valence electrons. The maximum atomic E-state index is 10.5. The Balaban J connectivity index is 1.81. The molecule has 0 atom stereocenters. The number of carbonyl (C=O) groups is 1. The normalized spacial score (nSPS) is 13.0. The smallest absolute Gasteiger partial charge is 0.457 e. The fourth-order valence-corrected chi connectivity index (χ4v) is 2.33. The van der Waals surface area contributed by atoms with Gasteiger partial charge < -0.3 is 19.7 Å². The lowest BCUT2D eigenvalue weighted by Crippen LogP contribution is -2.27. The highest BCUT2D eigenvalue weighted by molar-refractivity contribution is 6.61. The lowest BCUT2D eigenvalue weighted by molar-refractivity contribution is -0.105. The van der Waals surface area contributed by atoms with Crippen molar-refractivity contribution in [2.24, 2.45) is 0 Å². The molecule has 0 fully saturated rings. The van der Waals surface area contributed by atoms with Crippen LogP contribution in [0.3, 0.4) is 0 Å². The van der Waals surface area contributed by atoms with Gasteiger partial charge in [-0.15, -0.1) is 0 Å². The van der Waals surface area contributed by atoms with E-state index in [2.05, 4.69) is 5.32 Å². The number of nitrogens with one attached hydrogen (secondary N) is 1. The van der Waals surface area contributed by atoms with E-state index in [1.165, 1.54) is 0 Å². The molecular weight excluding hydrogens is 269 g/mol. The van der Waals surface area contributed by atoms with Crippen LogP contribution in [-0.2, 0) is 16.1 Å². The number of rotatable bonds is 4. The summed E-state index contributed by atoms with van der Waals surface area (Å²) in [7, 11) is -0.843. The highest BCUT2D eigenvalue weighted by Gasteiger charge is 2.27. The second kappa shape index (κ2) is 5.59. The van der Waals surface area contributed by atoms with Crippen molar-refractivity contribution < 1.29 is 19.2 Å². The van der Waals surface area contributed by atoms with Gasteiger partial charge >= 0.3 is 7.12 Å². The van der Waals surface area contributed by atoms with Gasteiger partial charge in [0.1, 0.15) is 11.5 Å². The van der Waals surface area contributed by atoms with E-state index in [0.717, 1.165) is 22.3 Å². The number of fused-ring (bicyclic) bond motifs is 1. The Bertz CT molecular complexity index is 689. The lowest BCUT2D eigenvalue weighted by atomic mass is 9.80. The predicted octanol–water partition coefficient (Wildman–Crippen LogP) is 1.57. The summed E-state index contributed by atoms with van der Waals surface area (Å²) in [4.78, 5) is 10.5. The van der Waals surface area contributed by atoms with Crippen molar-refractivity contribution in [2.45, 2.75) is 13.5 Å². The number of hydrogen-bond acceptors (Lipinski definition) is 4. The van der Waals surface area contributed by atoms with E-state index in [1.54, 1.807) is 24.3 Å². The molecule has 0 aromatic heterocycles. The van der Waals surface area contributed by atoms with Gasteiger partial charge in [0.25, 0.3) is 0 Å². The standard InChI is InChI=1S/C15H14BNO4/c1-10-6-12(3-5-15(10)17-9-18)21-13-2-4-14-11(7-13)8-20-16(14)19/h2-7,9,19H,8H2,1H3,(H,17,18). The summed E-state index contributed by atoms with van der Waals surface area (Å²) in [5.74, 6) is 1.37. The maximum absolute atomic E-state index is 10.5. The van der Waals surface area contributed by atoms with Gasteiger partial charge in [0.15, 0.2) is 0 Å². The molecule has 1 amide bonds. The maximum Gasteiger partial charge on any atom is 0.491 e. The van der Waals surface area contributed by atoms with Crippen LogP contribution in [0, 0.1) is 6.92 Å². The molecule has 21 heavy (non-hydrogen) atoms. The van der Waals surface area contributed by atoms with Crippen molar-refractivity contribution in [2.75, 3.05) is 5.32 Å². The summed E-state index contributed by atoms with van der Waals surface area (Å²) in [6.07, 6.45) is 0.647. The highest BCUT2D eigenvalue weighted by atomic mass is 16.5. The predicted molar refractivity (Wildman–Crippen MR) is 79.8 cm³/mol. The van der Waals surface area contributed by atoms with Crippen LogP contribution in [0.2, 0.25) is 0 Å². The van der Waals surface area contributed by atoms with Crippen LogP contribution >= 0.6 is 0 Å². The summed E-state index contributed by atoms with van der Waals surface area (Å²) in [5, 5.41) is 12.2. The zero-order chi connectivity index (χ0) is 14.8. The molecule has 2 N–H and O–H groups in total. The Labute approximate surface area is 122 Å². The van der Waals surface area contributed by atoms with E-state index < -0.39 is 7.12 Å². The van der Waals surface area contributed by atoms with Gasteiger partial charge in [0.2, 0.25) is 6.41 Å². The largest absolute Gasteiger partial charge is 0.491 e. The number of aryl methyl sites for hydroxylation is 1. The first kappa shape index (κ1) is 13.7. The molecule has 0 saturated carbocycles. The second-order valence-electron chi connectivity index (χ2n) is 4.86. The van der Waals surface area contributed by atoms with E-state index in [4.69, 9.17) is 9.39 Å². The first-order valence-corrected chi connectivity index (χ1v) is 6.58. The quantitative estimate of drug-likeness (QED) is 0.660. The average molecular weight is 283 g/mol. The Morgan fingerprint density at radius 1 is 1.29 bits per heavy atom. The number of hydrogen-bond donors (Lipinski definition) is 2. The second-order valence-corrected chi connectivity index (χ2v) is 4.86. The first-order valence-electron chi connectivity index (χ1n) is 6.58. The van der Waals surface area contributed by atoms with E-state index in [1.807, 2.05) is 19.1 Å². The van der Waals surface area contributed by atoms with Crippen molar-refractivity contribution in [3.05, 3.63) is 47.5 Å². The molecule has 1 aliphatic rings. The van der Waals surface area contributed by atoms with Crippen molar-refractivity contribution in [1.29, 1.82) is 0 Å². The first-order chi connectivity index (χ1) is 10.2. The molecule has 0 saturated heterocycles. The Morgan fingerprint density at radius 2 is 2.05 bits per heavy atom. The summed E-state index contributed by atoms with van der Waals surface area (Å²) in [6.45, 7) is 2.28. The Morgan fingerprint density at radius 3 is 2.81 bits per heavy atom. The molecule has 1 aliphatic heterocycles. The summed E-state index contributed by atoms with van der Waals surface area (Å²) < 4.78 is 10.9. The number of anilines is 1. The van der Waals surface area contributed by atoms with Crippen LogP contribution in [0.15, 0.2) is 36.4 Å². The van der Waals surface area contributed by atoms with Gasteiger partial charge in [-0.1, -0.05) is 6.07 Å². The monoisotopic (exact) mass is 283 g/mol. The topological polar surface area (TPSA) is 67.8 Å². The van der Waals surface area contributed by atoms with E-state index in [9.17, 15) is 9.82 Å². The zero-order valence-corrected chi connectivity index (χ0v) is 11.5. The summed E-state index contributed by atoms with van der Waals surface area (Å²) in [6, 6.07) is 10.9. The molecule has 0 spiro atoms. The molecule has 3 rings (SSSR count). The van der Waals surface area contributed by atoms with Crippen LogP contribution < -0.4 is 15.5 Å². The van der Waals surface area contributed by atoms with Crippen LogP contribution in [0.4, 0.5) is 5.69 Å². The van der Waals surface area contributed by atoms with Gasteiger partial charge in [0.05, 0.1) is 6.61 Å². The van der Waals surface area contributed by atoms with Crippen molar-refractivity contribution >= 4 is 24.7 Å². The third-order valence-electron chi connectivity index (χ3n) is 3.43. The molecule has 2 aromatic carbocycles. The molecule has 0 bridgehead atoms. The molecule has 1 heterocycles. The molecule has 5 nitrogen and oxygen atoms in total. The number of ether oxygens (including phenoxy) is 1. The minimum absolute atomic E-state index is 0.384. The average Bonchev–Trinajstić information content (AvgIpc) is 2.83. The van der Waals surface area contributed by atoms with Gasteiger partial charge in [-0.3, -0.25) is 4.79 Å². The minimum atomic E-state index is -0.843. The van der Waals surface area contributed by atoms with Crippen LogP contribution in [0.5, 0.6) is 11.5 Å². The van der Waals surface area contributed by atoms with E-state index in [0.29, 0.717) is 24.5 Å². The molecular formula is C15H14BNO4. The van der Waals surface area contributed by atoms with Gasteiger partial charge in [0, 0.05) is 5.69 Å². The third kappa shape index (κ3) is 2.77. The van der Waals surface area contributed by atoms with Crippen molar-refractivity contribution in [3.8, 4) is 11.5 Å². The molecule has 0 unspecified atom stereocenters. The fraction of sp³-hybridized carbons (Fsp3) is 0.133. The Kier molecular flexibility index (Phi) is 3.64. The third-order valence-corrected chi connectivity index (χ3v) is 3.43. The summed E-state index contributed by atoms with van der Waals surface area (Å²) in [5.41, 5.74) is 3.38. The van der Waals surface area contributed by atoms with E-state index >= 15 is 0 Å². The molecule has 2 aromatic rings. The van der Waals surface area contributed by atoms with Crippen LogP contribution in [-0.4, -0.2) is 18.6 Å². The highest BCUT2D eigenvalue weighted by Crippen LogP contribution is 2.27. The SMILES string of the molecule is Cc1cc(Oc2ccc3c(c2)COB3O)ccc1NC=O. The number of carbonyl (C=O) groups excluding carboxylic acids is 1. The lowest BCUT2D eigenvalue weighted by Gasteiger charge is -2.10. The van der Waals surface area contributed by atoms with Crippen LogP contribution in [0.25, 0.3) is 0 Å². The van der Waals surface area contributed by atoms with Crippen molar-refractivity contribution in [3.63, 3.8) is 0 Å². The van der Waals surface area contributed by atoms with Gasteiger partial charge in [-0.2, -0.15) is 0 Å². The van der Waals surface area contributed by atoms with Crippen LogP contribution in [0.1, 0.15) is 11.1 Å².